The zero-order valence-corrected chi connectivity index (χ0v) is 12.2. The highest BCUT2D eigenvalue weighted by Crippen LogP contribution is 2.29. The first-order chi connectivity index (χ1) is 10.3. The average molecular weight is 284 g/mol. The first-order valence-corrected chi connectivity index (χ1v) is 7.23. The van der Waals surface area contributed by atoms with E-state index in [1.165, 1.54) is 0 Å². The Balaban J connectivity index is 1.90. The van der Waals surface area contributed by atoms with E-state index < -0.39 is 0 Å². The van der Waals surface area contributed by atoms with Crippen molar-refractivity contribution in [1.29, 1.82) is 0 Å². The van der Waals surface area contributed by atoms with Gasteiger partial charge < -0.3 is 15.4 Å². The van der Waals surface area contributed by atoms with Crippen LogP contribution >= 0.6 is 0 Å². The molecule has 21 heavy (non-hydrogen) atoms. The second kappa shape index (κ2) is 6.10. The van der Waals surface area contributed by atoms with Gasteiger partial charge in [-0.25, -0.2) is 9.97 Å². The molecule has 1 aliphatic heterocycles. The van der Waals surface area contributed by atoms with E-state index in [1.807, 2.05) is 30.3 Å². The van der Waals surface area contributed by atoms with Gasteiger partial charge >= 0.3 is 0 Å². The van der Waals surface area contributed by atoms with E-state index in [0.29, 0.717) is 5.92 Å². The van der Waals surface area contributed by atoms with Crippen molar-refractivity contribution < 1.29 is 4.74 Å². The van der Waals surface area contributed by atoms with Crippen LogP contribution in [0.4, 0.5) is 5.95 Å². The number of hydrogen-bond acceptors (Lipinski definition) is 5. The maximum atomic E-state index is 5.75. The Morgan fingerprint density at radius 1 is 1.33 bits per heavy atom. The Morgan fingerprint density at radius 3 is 2.95 bits per heavy atom. The first kappa shape index (κ1) is 13.8. The van der Waals surface area contributed by atoms with Crippen molar-refractivity contribution in [3.63, 3.8) is 0 Å². The lowest BCUT2D eigenvalue weighted by Gasteiger charge is -2.17. The minimum atomic E-state index is 0.545. The van der Waals surface area contributed by atoms with Crippen LogP contribution in [0.1, 0.15) is 6.42 Å². The standard InChI is InChI=1S/C16H20N4O/c1-21-15-5-3-2-4-13(15)14-6-8-18-16(19-14)20-9-7-12(10-17)11-20/h2-6,8,12H,7,9-11,17H2,1H3/t12-/m0/s1. The third-order valence-electron chi connectivity index (χ3n) is 3.93. The van der Waals surface area contributed by atoms with Crippen LogP contribution in [0.2, 0.25) is 0 Å². The summed E-state index contributed by atoms with van der Waals surface area (Å²) in [6.07, 6.45) is 2.92. The van der Waals surface area contributed by atoms with Gasteiger partial charge in [-0.15, -0.1) is 0 Å². The number of para-hydroxylation sites is 1. The number of benzene rings is 1. The van der Waals surface area contributed by atoms with Crippen LogP contribution in [0.25, 0.3) is 11.3 Å². The molecule has 1 fully saturated rings. The van der Waals surface area contributed by atoms with E-state index >= 15 is 0 Å². The molecule has 5 heteroatoms. The maximum Gasteiger partial charge on any atom is 0.225 e. The lowest BCUT2D eigenvalue weighted by Crippen LogP contribution is -2.24. The van der Waals surface area contributed by atoms with Crippen molar-refractivity contribution in [2.45, 2.75) is 6.42 Å². The second-order valence-electron chi connectivity index (χ2n) is 5.28. The van der Waals surface area contributed by atoms with E-state index in [4.69, 9.17) is 15.5 Å². The molecular formula is C16H20N4O. The predicted octanol–water partition coefficient (Wildman–Crippen LogP) is 1.94. The molecule has 0 bridgehead atoms. The lowest BCUT2D eigenvalue weighted by molar-refractivity contribution is 0.416. The summed E-state index contributed by atoms with van der Waals surface area (Å²) in [7, 11) is 1.67. The van der Waals surface area contributed by atoms with E-state index in [0.717, 1.165) is 49.0 Å². The van der Waals surface area contributed by atoms with Crippen molar-refractivity contribution >= 4 is 5.95 Å². The number of nitrogens with zero attached hydrogens (tertiary/aromatic N) is 3. The third kappa shape index (κ3) is 2.83. The number of rotatable bonds is 4. The summed E-state index contributed by atoms with van der Waals surface area (Å²) in [5, 5.41) is 0. The van der Waals surface area contributed by atoms with Gasteiger partial charge in [0.05, 0.1) is 12.8 Å². The lowest BCUT2D eigenvalue weighted by atomic mass is 10.1. The summed E-state index contributed by atoms with van der Waals surface area (Å²) in [5.41, 5.74) is 7.62. The molecule has 2 aromatic rings. The third-order valence-corrected chi connectivity index (χ3v) is 3.93. The van der Waals surface area contributed by atoms with Crippen molar-refractivity contribution in [3.8, 4) is 17.0 Å². The minimum absolute atomic E-state index is 0.545. The zero-order valence-electron chi connectivity index (χ0n) is 12.2. The van der Waals surface area contributed by atoms with Crippen LogP contribution in [-0.4, -0.2) is 36.7 Å². The van der Waals surface area contributed by atoms with Gasteiger partial charge in [0, 0.05) is 24.8 Å². The Bertz CT molecular complexity index is 617. The maximum absolute atomic E-state index is 5.75. The van der Waals surface area contributed by atoms with Crippen molar-refractivity contribution in [2.75, 3.05) is 31.6 Å². The van der Waals surface area contributed by atoms with Gasteiger partial charge in [-0.05, 0) is 37.1 Å². The van der Waals surface area contributed by atoms with E-state index in [9.17, 15) is 0 Å². The molecule has 5 nitrogen and oxygen atoms in total. The molecule has 1 aromatic heterocycles. The van der Waals surface area contributed by atoms with E-state index in [2.05, 4.69) is 9.88 Å². The van der Waals surface area contributed by atoms with Crippen LogP contribution in [0.3, 0.4) is 0 Å². The molecule has 0 aliphatic carbocycles. The molecule has 0 amide bonds. The fraction of sp³-hybridized carbons (Fsp3) is 0.375. The highest BCUT2D eigenvalue weighted by atomic mass is 16.5. The zero-order chi connectivity index (χ0) is 14.7. The van der Waals surface area contributed by atoms with E-state index in [1.54, 1.807) is 13.3 Å². The average Bonchev–Trinajstić information content (AvgIpc) is 3.04. The van der Waals surface area contributed by atoms with Gasteiger partial charge in [-0.3, -0.25) is 0 Å². The summed E-state index contributed by atoms with van der Waals surface area (Å²) in [6, 6.07) is 9.81. The largest absolute Gasteiger partial charge is 0.496 e. The predicted molar refractivity (Wildman–Crippen MR) is 83.4 cm³/mol. The van der Waals surface area contributed by atoms with Gasteiger partial charge in [-0.2, -0.15) is 0 Å². The Labute approximate surface area is 124 Å². The van der Waals surface area contributed by atoms with Gasteiger partial charge in [0.1, 0.15) is 5.75 Å². The molecule has 110 valence electrons. The Morgan fingerprint density at radius 2 is 2.19 bits per heavy atom. The topological polar surface area (TPSA) is 64.3 Å². The normalized spacial score (nSPS) is 18.0. The Kier molecular flexibility index (Phi) is 4.01. The van der Waals surface area contributed by atoms with Crippen LogP contribution in [0, 0.1) is 5.92 Å². The first-order valence-electron chi connectivity index (χ1n) is 7.23. The molecule has 3 rings (SSSR count). The monoisotopic (exact) mass is 284 g/mol. The van der Waals surface area contributed by atoms with Gasteiger partial charge in [0.2, 0.25) is 5.95 Å². The van der Waals surface area contributed by atoms with Gasteiger partial charge in [0.25, 0.3) is 0 Å². The summed E-state index contributed by atoms with van der Waals surface area (Å²) in [6.45, 7) is 2.63. The molecular weight excluding hydrogens is 264 g/mol. The second-order valence-corrected chi connectivity index (χ2v) is 5.28. The molecule has 1 aromatic carbocycles. The fourth-order valence-corrected chi connectivity index (χ4v) is 2.71. The van der Waals surface area contributed by atoms with Crippen molar-refractivity contribution in [2.24, 2.45) is 11.7 Å². The number of aromatic nitrogens is 2. The van der Waals surface area contributed by atoms with Gasteiger partial charge in [0.15, 0.2) is 0 Å². The van der Waals surface area contributed by atoms with Crippen LogP contribution in [0.5, 0.6) is 5.75 Å². The van der Waals surface area contributed by atoms with Crippen molar-refractivity contribution in [3.05, 3.63) is 36.5 Å². The summed E-state index contributed by atoms with van der Waals surface area (Å²) in [4.78, 5) is 11.3. The summed E-state index contributed by atoms with van der Waals surface area (Å²) >= 11 is 0. The molecule has 0 saturated carbocycles. The Hall–Kier alpha value is -2.14. The molecule has 1 aliphatic rings. The number of anilines is 1. The number of nitrogens with two attached hydrogens (primary N) is 1. The molecule has 0 radical (unpaired) electrons. The molecule has 0 unspecified atom stereocenters. The van der Waals surface area contributed by atoms with Gasteiger partial charge in [-0.1, -0.05) is 12.1 Å². The number of ether oxygens (including phenoxy) is 1. The summed E-state index contributed by atoms with van der Waals surface area (Å²) in [5.74, 6) is 2.14. The molecule has 2 heterocycles. The molecule has 2 N–H and O–H groups in total. The highest BCUT2D eigenvalue weighted by Gasteiger charge is 2.23. The molecule has 1 atom stereocenters. The molecule has 1 saturated heterocycles. The minimum Gasteiger partial charge on any atom is -0.496 e. The fourth-order valence-electron chi connectivity index (χ4n) is 2.71. The van der Waals surface area contributed by atoms with Crippen molar-refractivity contribution in [1.82, 2.24) is 9.97 Å². The van der Waals surface area contributed by atoms with Crippen LogP contribution in [-0.2, 0) is 0 Å². The number of hydrogen-bond donors (Lipinski definition) is 1. The highest BCUT2D eigenvalue weighted by molar-refractivity contribution is 5.67. The van der Waals surface area contributed by atoms with Crippen LogP contribution in [0.15, 0.2) is 36.5 Å². The summed E-state index contributed by atoms with van der Waals surface area (Å²) < 4.78 is 5.41. The quantitative estimate of drug-likeness (QED) is 0.929. The van der Waals surface area contributed by atoms with Crippen LogP contribution < -0.4 is 15.4 Å². The van der Waals surface area contributed by atoms with E-state index in [-0.39, 0.29) is 0 Å². The number of methoxy groups -OCH3 is 1. The smallest absolute Gasteiger partial charge is 0.225 e. The molecule has 0 spiro atoms. The SMILES string of the molecule is COc1ccccc1-c1ccnc(N2CC[C@@H](CN)C2)n1.